The number of aromatic nitrogens is 2. The van der Waals surface area contributed by atoms with E-state index in [4.69, 9.17) is 14.2 Å². The van der Waals surface area contributed by atoms with Gasteiger partial charge < -0.3 is 19.3 Å². The van der Waals surface area contributed by atoms with Crippen LogP contribution in [0.4, 0.5) is 5.13 Å². The number of amides is 1. The Morgan fingerprint density at radius 1 is 1.11 bits per heavy atom. The number of carbonyl (C=O) groups excluding carboxylic acids is 2. The Kier molecular flexibility index (Phi) is 7.09. The molecule has 0 spiro atoms. The summed E-state index contributed by atoms with van der Waals surface area (Å²) in [6.07, 6.45) is 3.07. The topological polar surface area (TPSA) is 111 Å². The minimum Gasteiger partial charge on any atom is -0.507 e. The van der Waals surface area contributed by atoms with Gasteiger partial charge in [-0.2, -0.15) is 0 Å². The van der Waals surface area contributed by atoms with Crippen LogP contribution in [-0.4, -0.2) is 46.8 Å². The van der Waals surface area contributed by atoms with Crippen molar-refractivity contribution < 1.29 is 28.9 Å². The van der Waals surface area contributed by atoms with Gasteiger partial charge in [0.1, 0.15) is 29.7 Å². The molecule has 1 amide bonds. The van der Waals surface area contributed by atoms with Crippen molar-refractivity contribution in [1.29, 1.82) is 0 Å². The second-order valence-corrected chi connectivity index (χ2v) is 9.92. The van der Waals surface area contributed by atoms with Gasteiger partial charge in [0.15, 0.2) is 11.5 Å². The predicted molar refractivity (Wildman–Crippen MR) is 138 cm³/mol. The third-order valence-corrected chi connectivity index (χ3v) is 7.01. The largest absolute Gasteiger partial charge is 0.507 e. The quantitative estimate of drug-likeness (QED) is 0.195. The zero-order valence-electron chi connectivity index (χ0n) is 20.6. The number of aryl methyl sites for hydroxylation is 1. The van der Waals surface area contributed by atoms with Crippen LogP contribution < -0.4 is 19.1 Å². The monoisotopic (exact) mass is 521 g/mol. The molecule has 0 saturated carbocycles. The van der Waals surface area contributed by atoms with E-state index in [9.17, 15) is 14.7 Å². The van der Waals surface area contributed by atoms with Crippen molar-refractivity contribution in [2.75, 3.05) is 24.7 Å². The van der Waals surface area contributed by atoms with E-state index in [1.165, 1.54) is 16.2 Å². The number of ketones is 1. The summed E-state index contributed by atoms with van der Waals surface area (Å²) in [6, 6.07) is 11.2. The Morgan fingerprint density at radius 2 is 1.92 bits per heavy atom. The number of Topliss-reactive ketones (excluding diaryl/α,β-unsaturated/α-hetero) is 1. The standard InChI is InChI=1S/C27H27N3O6S/c1-3-4-5-11-34-19-8-6-7-17(14-19)23-22(25(32)26(33)30(23)27-29-28-16(2)37-27)24(31)18-9-10-20-21(15-18)36-13-12-35-20/h6-10,14-15,23,31H,3-5,11-13H2,1-2H3/t23-/m0/s1. The van der Waals surface area contributed by atoms with Crippen LogP contribution >= 0.6 is 11.3 Å². The highest BCUT2D eigenvalue weighted by atomic mass is 32.1. The minimum absolute atomic E-state index is 0.0438. The molecule has 9 nitrogen and oxygen atoms in total. The number of hydrogen-bond acceptors (Lipinski definition) is 9. The van der Waals surface area contributed by atoms with Gasteiger partial charge in [0, 0.05) is 5.56 Å². The first-order chi connectivity index (χ1) is 18.0. The van der Waals surface area contributed by atoms with Crippen LogP contribution in [0.5, 0.6) is 17.2 Å². The van der Waals surface area contributed by atoms with Gasteiger partial charge in [-0.1, -0.05) is 43.2 Å². The first-order valence-electron chi connectivity index (χ1n) is 12.2. The van der Waals surface area contributed by atoms with Crippen molar-refractivity contribution in [3.63, 3.8) is 0 Å². The molecule has 1 N–H and O–H groups in total. The van der Waals surface area contributed by atoms with Gasteiger partial charge in [0.2, 0.25) is 5.13 Å². The van der Waals surface area contributed by atoms with Gasteiger partial charge in [-0.25, -0.2) is 0 Å². The van der Waals surface area contributed by atoms with E-state index >= 15 is 0 Å². The van der Waals surface area contributed by atoms with Crippen LogP contribution in [0.3, 0.4) is 0 Å². The summed E-state index contributed by atoms with van der Waals surface area (Å²) in [7, 11) is 0. The molecule has 0 unspecified atom stereocenters. The summed E-state index contributed by atoms with van der Waals surface area (Å²) in [5.41, 5.74) is 0.907. The number of anilines is 1. The lowest BCUT2D eigenvalue weighted by molar-refractivity contribution is -0.132. The first kappa shape index (κ1) is 24.8. The molecule has 37 heavy (non-hydrogen) atoms. The maximum absolute atomic E-state index is 13.4. The average Bonchev–Trinajstić information content (AvgIpc) is 3.46. The van der Waals surface area contributed by atoms with E-state index in [1.807, 2.05) is 6.07 Å². The van der Waals surface area contributed by atoms with Crippen molar-refractivity contribution in [2.24, 2.45) is 0 Å². The summed E-state index contributed by atoms with van der Waals surface area (Å²) >= 11 is 1.20. The van der Waals surface area contributed by atoms with Gasteiger partial charge in [0.25, 0.3) is 5.78 Å². The summed E-state index contributed by atoms with van der Waals surface area (Å²) < 4.78 is 17.1. The van der Waals surface area contributed by atoms with Crippen molar-refractivity contribution in [3.8, 4) is 17.2 Å². The molecular formula is C27H27N3O6S. The number of aliphatic hydroxyl groups is 1. The number of carbonyl (C=O) groups is 2. The summed E-state index contributed by atoms with van der Waals surface area (Å²) in [6.45, 7) is 5.27. The lowest BCUT2D eigenvalue weighted by atomic mass is 9.95. The van der Waals surface area contributed by atoms with Crippen LogP contribution in [0.1, 0.15) is 48.4 Å². The number of aliphatic hydroxyl groups excluding tert-OH is 1. The van der Waals surface area contributed by atoms with E-state index in [0.717, 1.165) is 19.3 Å². The third-order valence-electron chi connectivity index (χ3n) is 6.17. The van der Waals surface area contributed by atoms with Crippen LogP contribution in [0.2, 0.25) is 0 Å². The number of rotatable bonds is 8. The van der Waals surface area contributed by atoms with E-state index < -0.39 is 17.7 Å². The molecule has 2 aliphatic rings. The number of hydrogen-bond donors (Lipinski definition) is 1. The van der Waals surface area contributed by atoms with Gasteiger partial charge in [-0.15, -0.1) is 10.2 Å². The Morgan fingerprint density at radius 3 is 2.68 bits per heavy atom. The molecule has 0 aliphatic carbocycles. The zero-order valence-corrected chi connectivity index (χ0v) is 21.4. The Bertz CT molecular complexity index is 1370. The highest BCUT2D eigenvalue weighted by Gasteiger charge is 2.48. The van der Waals surface area contributed by atoms with E-state index in [0.29, 0.717) is 53.2 Å². The fraction of sp³-hybridized carbons (Fsp3) is 0.333. The van der Waals surface area contributed by atoms with Crippen molar-refractivity contribution >= 4 is 33.9 Å². The van der Waals surface area contributed by atoms with Crippen LogP contribution in [0.25, 0.3) is 5.76 Å². The third kappa shape index (κ3) is 4.89. The fourth-order valence-corrected chi connectivity index (χ4v) is 5.11. The second kappa shape index (κ2) is 10.6. The lowest BCUT2D eigenvalue weighted by Gasteiger charge is -2.23. The number of fused-ring (bicyclic) bond motifs is 1. The average molecular weight is 522 g/mol. The molecule has 2 aromatic carbocycles. The van der Waals surface area contributed by atoms with Crippen LogP contribution in [0.15, 0.2) is 48.0 Å². The van der Waals surface area contributed by atoms with Gasteiger partial charge in [-0.05, 0) is 49.2 Å². The zero-order chi connectivity index (χ0) is 25.9. The van der Waals surface area contributed by atoms with Gasteiger partial charge in [-0.3, -0.25) is 14.5 Å². The van der Waals surface area contributed by atoms with Crippen LogP contribution in [0, 0.1) is 6.92 Å². The summed E-state index contributed by atoms with van der Waals surface area (Å²) in [5.74, 6) is -0.264. The molecule has 1 saturated heterocycles. The van der Waals surface area contributed by atoms with Crippen molar-refractivity contribution in [1.82, 2.24) is 10.2 Å². The molecule has 10 heteroatoms. The van der Waals surface area contributed by atoms with Gasteiger partial charge in [0.05, 0.1) is 18.2 Å². The summed E-state index contributed by atoms with van der Waals surface area (Å²) in [5, 5.41) is 20.5. The molecule has 1 aromatic heterocycles. The number of ether oxygens (including phenoxy) is 3. The second-order valence-electron chi connectivity index (χ2n) is 8.76. The molecule has 0 radical (unpaired) electrons. The van der Waals surface area contributed by atoms with E-state index in [2.05, 4.69) is 17.1 Å². The molecule has 3 aromatic rings. The van der Waals surface area contributed by atoms with Crippen LogP contribution in [-0.2, 0) is 9.59 Å². The highest BCUT2D eigenvalue weighted by molar-refractivity contribution is 7.15. The minimum atomic E-state index is -0.917. The Balaban J connectivity index is 1.60. The number of unbranched alkanes of at least 4 members (excludes halogenated alkanes) is 2. The number of nitrogens with zero attached hydrogens (tertiary/aromatic N) is 3. The van der Waals surface area contributed by atoms with Crippen molar-refractivity contribution in [2.45, 2.75) is 39.2 Å². The highest BCUT2D eigenvalue weighted by Crippen LogP contribution is 2.44. The summed E-state index contributed by atoms with van der Waals surface area (Å²) in [4.78, 5) is 28.0. The maximum atomic E-state index is 13.4. The SMILES string of the molecule is CCCCCOc1cccc([C@H]2C(=C(O)c3ccc4c(c3)OCCO4)C(=O)C(=O)N2c2nnc(C)s2)c1. The molecule has 2 aliphatic heterocycles. The molecule has 0 bridgehead atoms. The molecule has 5 rings (SSSR count). The molecule has 3 heterocycles. The molecular weight excluding hydrogens is 494 g/mol. The van der Waals surface area contributed by atoms with Crippen molar-refractivity contribution in [3.05, 3.63) is 64.2 Å². The Labute approximate surface area is 218 Å². The maximum Gasteiger partial charge on any atom is 0.301 e. The number of benzene rings is 2. The van der Waals surface area contributed by atoms with Gasteiger partial charge >= 0.3 is 5.91 Å². The van der Waals surface area contributed by atoms with E-state index in [-0.39, 0.29) is 16.5 Å². The normalized spacial score (nSPS) is 18.3. The lowest BCUT2D eigenvalue weighted by Crippen LogP contribution is -2.29. The smallest absolute Gasteiger partial charge is 0.301 e. The molecule has 1 fully saturated rings. The molecule has 1 atom stereocenters. The van der Waals surface area contributed by atoms with E-state index in [1.54, 1.807) is 43.3 Å². The first-order valence-corrected chi connectivity index (χ1v) is 13.0. The fourth-order valence-electron chi connectivity index (χ4n) is 4.39. The molecule has 192 valence electrons. The Hall–Kier alpha value is -3.92. The predicted octanol–water partition coefficient (Wildman–Crippen LogP) is 4.81.